The van der Waals surface area contributed by atoms with Crippen LogP contribution < -0.4 is 0 Å². The van der Waals surface area contributed by atoms with Gasteiger partial charge in [0.1, 0.15) is 11.6 Å². The Morgan fingerprint density at radius 3 is 1.96 bits per heavy atom. The molecule has 0 N–H and O–H groups in total. The van der Waals surface area contributed by atoms with E-state index in [4.69, 9.17) is 4.74 Å². The molecule has 0 radical (unpaired) electrons. The van der Waals surface area contributed by atoms with E-state index in [9.17, 15) is 13.6 Å². The minimum atomic E-state index is -0.876. The predicted octanol–water partition coefficient (Wildman–Crippen LogP) is 6.43. The summed E-state index contributed by atoms with van der Waals surface area (Å²) in [5.41, 5.74) is -0.209. The first kappa shape index (κ1) is 20.6. The predicted molar refractivity (Wildman–Crippen MR) is 93.1 cm³/mol. The zero-order valence-electron chi connectivity index (χ0n) is 14.8. The quantitative estimate of drug-likeness (QED) is 0.305. The molecule has 0 amide bonds. The normalized spacial score (nSPS) is 10.8. The third-order valence-corrected chi connectivity index (χ3v) is 4.13. The maximum absolute atomic E-state index is 13.4. The number of carbonyl (C=O) groups is 1. The molecule has 0 saturated carbocycles. The summed E-state index contributed by atoms with van der Waals surface area (Å²) < 4.78 is 31.2. The van der Waals surface area contributed by atoms with E-state index in [0.29, 0.717) is 6.07 Å². The number of esters is 1. The Morgan fingerprint density at radius 1 is 0.875 bits per heavy atom. The maximum Gasteiger partial charge on any atom is 0.341 e. The Morgan fingerprint density at radius 2 is 1.42 bits per heavy atom. The summed E-state index contributed by atoms with van der Waals surface area (Å²) in [5, 5.41) is 0. The molecule has 1 aromatic rings. The van der Waals surface area contributed by atoms with Crippen LogP contribution in [0.3, 0.4) is 0 Å². The van der Waals surface area contributed by atoms with Gasteiger partial charge in [0, 0.05) is 6.07 Å². The Hall–Kier alpha value is -1.45. The summed E-state index contributed by atoms with van der Waals surface area (Å²) in [6.07, 6.45) is 13.4. The van der Waals surface area contributed by atoms with Crippen LogP contribution in [0, 0.1) is 11.6 Å². The van der Waals surface area contributed by atoms with Gasteiger partial charge in [0.25, 0.3) is 0 Å². The Balaban J connectivity index is 1.97. The Labute approximate surface area is 144 Å². The van der Waals surface area contributed by atoms with E-state index in [1.54, 1.807) is 0 Å². The molecule has 0 fully saturated rings. The molecule has 0 aliphatic rings. The largest absolute Gasteiger partial charge is 0.462 e. The van der Waals surface area contributed by atoms with E-state index in [-0.39, 0.29) is 12.2 Å². The van der Waals surface area contributed by atoms with E-state index < -0.39 is 17.6 Å². The van der Waals surface area contributed by atoms with Gasteiger partial charge in [-0.3, -0.25) is 0 Å². The molecule has 1 aromatic carbocycles. The number of carbonyl (C=O) groups excluding carboxylic acids is 1. The Bertz CT molecular complexity index is 475. The first-order chi connectivity index (χ1) is 11.6. The highest BCUT2D eigenvalue weighted by atomic mass is 19.1. The topological polar surface area (TPSA) is 26.3 Å². The van der Waals surface area contributed by atoms with Crippen molar-refractivity contribution in [1.82, 2.24) is 0 Å². The minimum Gasteiger partial charge on any atom is -0.462 e. The number of hydrogen-bond donors (Lipinski definition) is 0. The molecule has 0 aliphatic heterocycles. The summed E-state index contributed by atoms with van der Waals surface area (Å²) in [6, 6.07) is 2.87. The number of ether oxygens (including phenoxy) is 1. The lowest BCUT2D eigenvalue weighted by Crippen LogP contribution is -2.08. The van der Waals surface area contributed by atoms with E-state index in [1.807, 2.05) is 0 Å². The standard InChI is InChI=1S/C20H30F2O2/c1-2-3-4-5-6-7-8-9-10-11-12-15-24-20(23)18-14-13-17(21)16-19(18)22/h13-14,16H,2-12,15H2,1H3. The molecule has 0 bridgehead atoms. The van der Waals surface area contributed by atoms with E-state index >= 15 is 0 Å². The average Bonchev–Trinajstić information content (AvgIpc) is 2.55. The highest BCUT2D eigenvalue weighted by Crippen LogP contribution is 2.13. The van der Waals surface area contributed by atoms with Crippen molar-refractivity contribution in [3.8, 4) is 0 Å². The van der Waals surface area contributed by atoms with Crippen molar-refractivity contribution < 1.29 is 18.3 Å². The van der Waals surface area contributed by atoms with Crippen molar-refractivity contribution in [2.45, 2.75) is 77.6 Å². The molecular weight excluding hydrogens is 310 g/mol. The molecule has 0 atom stereocenters. The second kappa shape index (κ2) is 12.9. The monoisotopic (exact) mass is 340 g/mol. The fourth-order valence-electron chi connectivity index (χ4n) is 2.66. The van der Waals surface area contributed by atoms with Gasteiger partial charge in [-0.25, -0.2) is 13.6 Å². The summed E-state index contributed by atoms with van der Waals surface area (Å²) >= 11 is 0. The van der Waals surface area contributed by atoms with Crippen LogP contribution in [0.4, 0.5) is 8.78 Å². The van der Waals surface area contributed by atoms with Gasteiger partial charge in [-0.15, -0.1) is 0 Å². The summed E-state index contributed by atoms with van der Waals surface area (Å²) in [5.74, 6) is -2.30. The van der Waals surface area contributed by atoms with Gasteiger partial charge in [0.05, 0.1) is 12.2 Å². The van der Waals surface area contributed by atoms with Crippen LogP contribution in [0.5, 0.6) is 0 Å². The van der Waals surface area contributed by atoms with Crippen LogP contribution in [0.1, 0.15) is 87.9 Å². The van der Waals surface area contributed by atoms with Crippen LogP contribution >= 0.6 is 0 Å². The highest BCUT2D eigenvalue weighted by Gasteiger charge is 2.13. The van der Waals surface area contributed by atoms with E-state index in [1.165, 1.54) is 51.4 Å². The first-order valence-electron chi connectivity index (χ1n) is 9.27. The van der Waals surface area contributed by atoms with Gasteiger partial charge >= 0.3 is 5.97 Å². The van der Waals surface area contributed by atoms with Gasteiger partial charge in [-0.2, -0.15) is 0 Å². The van der Waals surface area contributed by atoms with Gasteiger partial charge in [-0.05, 0) is 18.6 Å². The van der Waals surface area contributed by atoms with Crippen LogP contribution in [-0.2, 0) is 4.74 Å². The van der Waals surface area contributed by atoms with Gasteiger partial charge in [-0.1, -0.05) is 71.1 Å². The molecule has 0 aromatic heterocycles. The first-order valence-corrected chi connectivity index (χ1v) is 9.27. The third kappa shape index (κ3) is 8.99. The van der Waals surface area contributed by atoms with Crippen molar-refractivity contribution in [3.05, 3.63) is 35.4 Å². The fraction of sp³-hybridized carbons (Fsp3) is 0.650. The van der Waals surface area contributed by atoms with Crippen molar-refractivity contribution in [3.63, 3.8) is 0 Å². The number of halogens is 2. The number of rotatable bonds is 13. The Kier molecular flexibility index (Phi) is 11.1. The van der Waals surface area contributed by atoms with Crippen molar-refractivity contribution in [1.29, 1.82) is 0 Å². The molecule has 2 nitrogen and oxygen atoms in total. The second-order valence-electron chi connectivity index (χ2n) is 6.30. The maximum atomic E-state index is 13.4. The van der Waals surface area contributed by atoms with Crippen LogP contribution in [0.15, 0.2) is 18.2 Å². The molecule has 0 aliphatic carbocycles. The molecule has 0 spiro atoms. The third-order valence-electron chi connectivity index (χ3n) is 4.13. The zero-order valence-corrected chi connectivity index (χ0v) is 14.8. The van der Waals surface area contributed by atoms with E-state index in [2.05, 4.69) is 6.92 Å². The average molecular weight is 340 g/mol. The minimum absolute atomic E-state index is 0.209. The zero-order chi connectivity index (χ0) is 17.6. The summed E-state index contributed by atoms with van der Waals surface area (Å²) in [6.45, 7) is 2.51. The van der Waals surface area contributed by atoms with Crippen molar-refractivity contribution >= 4 is 5.97 Å². The summed E-state index contributed by atoms with van der Waals surface area (Å²) in [7, 11) is 0. The molecule has 4 heteroatoms. The number of benzene rings is 1. The van der Waals surface area contributed by atoms with Crippen LogP contribution in [-0.4, -0.2) is 12.6 Å². The lowest BCUT2D eigenvalue weighted by Gasteiger charge is -2.06. The van der Waals surface area contributed by atoms with Crippen molar-refractivity contribution in [2.24, 2.45) is 0 Å². The van der Waals surface area contributed by atoms with Gasteiger partial charge in [0.2, 0.25) is 0 Å². The van der Waals surface area contributed by atoms with Crippen LogP contribution in [0.2, 0.25) is 0 Å². The SMILES string of the molecule is CCCCCCCCCCCCCOC(=O)c1ccc(F)cc1F. The van der Waals surface area contributed by atoms with Crippen LogP contribution in [0.25, 0.3) is 0 Å². The molecule has 1 rings (SSSR count). The molecule has 24 heavy (non-hydrogen) atoms. The molecule has 0 heterocycles. The molecule has 136 valence electrons. The van der Waals surface area contributed by atoms with E-state index in [0.717, 1.165) is 31.4 Å². The second-order valence-corrected chi connectivity index (χ2v) is 6.30. The lowest BCUT2D eigenvalue weighted by molar-refractivity contribution is 0.0492. The molecule has 0 unspecified atom stereocenters. The lowest BCUT2D eigenvalue weighted by atomic mass is 10.1. The number of hydrogen-bond acceptors (Lipinski definition) is 2. The number of unbranched alkanes of at least 4 members (excludes halogenated alkanes) is 10. The fourth-order valence-corrected chi connectivity index (χ4v) is 2.66. The summed E-state index contributed by atoms with van der Waals surface area (Å²) in [4.78, 5) is 11.7. The molecular formula is C20H30F2O2. The smallest absolute Gasteiger partial charge is 0.341 e. The van der Waals surface area contributed by atoms with Gasteiger partial charge in [0.15, 0.2) is 0 Å². The molecule has 0 saturated heterocycles. The van der Waals surface area contributed by atoms with Crippen molar-refractivity contribution in [2.75, 3.05) is 6.61 Å². The highest BCUT2D eigenvalue weighted by molar-refractivity contribution is 5.89. The van der Waals surface area contributed by atoms with Gasteiger partial charge < -0.3 is 4.74 Å².